The average molecular weight is 709 g/mol. The lowest BCUT2D eigenvalue weighted by Crippen LogP contribution is -2.55. The molecule has 0 amide bonds. The first kappa shape index (κ1) is 32.0. The fourth-order valence-electron chi connectivity index (χ4n) is 5.89. The van der Waals surface area contributed by atoms with E-state index in [0.29, 0.717) is 9.81 Å². The molecule has 14 heteroatoms. The Morgan fingerprint density at radius 1 is 0.581 bits per heavy atom. The molecule has 0 bridgehead atoms. The molecule has 2 aromatic heterocycles. The van der Waals surface area contributed by atoms with E-state index in [4.69, 9.17) is 9.47 Å². The zero-order valence-electron chi connectivity index (χ0n) is 24.7. The second kappa shape index (κ2) is 9.52. The number of allylic oxidation sites excluding steroid dienone is 2. The molecular formula is C29H30F6O2S4Si2. The van der Waals surface area contributed by atoms with Gasteiger partial charge in [0, 0.05) is 56.1 Å². The Kier molecular flexibility index (Phi) is 7.07. The summed E-state index contributed by atoms with van der Waals surface area (Å²) in [6.45, 7) is 13.0. The second-order valence-electron chi connectivity index (χ2n) is 13.0. The summed E-state index contributed by atoms with van der Waals surface area (Å²) in [7, 11) is -0.900. The number of methoxy groups -OCH3 is 2. The van der Waals surface area contributed by atoms with Gasteiger partial charge in [0.25, 0.3) is 0 Å². The molecule has 232 valence electrons. The van der Waals surface area contributed by atoms with Gasteiger partial charge in [0.2, 0.25) is 0 Å². The zero-order chi connectivity index (χ0) is 31.8. The van der Waals surface area contributed by atoms with E-state index in [0.717, 1.165) is 42.3 Å². The highest BCUT2D eigenvalue weighted by Crippen LogP contribution is 2.76. The smallest absolute Gasteiger partial charge is 0.358 e. The van der Waals surface area contributed by atoms with Crippen molar-refractivity contribution in [1.29, 1.82) is 0 Å². The Balaban J connectivity index is 1.64. The maximum atomic E-state index is 15.8. The van der Waals surface area contributed by atoms with Crippen LogP contribution in [-0.2, 0) is 9.47 Å². The third-order valence-corrected chi connectivity index (χ3v) is 21.0. The van der Waals surface area contributed by atoms with Crippen LogP contribution in [0.3, 0.4) is 0 Å². The van der Waals surface area contributed by atoms with Gasteiger partial charge in [-0.25, -0.2) is 0 Å². The largest absolute Gasteiger partial charge is 0.380 e. The number of hydrogen-bond acceptors (Lipinski definition) is 6. The summed E-state index contributed by atoms with van der Waals surface area (Å²) in [5.74, 6) is -16.0. The van der Waals surface area contributed by atoms with Gasteiger partial charge in [-0.15, -0.1) is 22.7 Å². The van der Waals surface area contributed by atoms with Crippen molar-refractivity contribution in [3.63, 3.8) is 0 Å². The molecule has 2 aromatic rings. The highest BCUT2D eigenvalue weighted by molar-refractivity contribution is 8.14. The summed E-state index contributed by atoms with van der Waals surface area (Å²) in [5, 5.41) is 0. The van der Waals surface area contributed by atoms with E-state index in [2.05, 4.69) is 39.3 Å². The molecule has 4 aliphatic rings. The number of fused-ring (bicyclic) bond motifs is 4. The van der Waals surface area contributed by atoms with Crippen LogP contribution in [0.4, 0.5) is 26.3 Å². The summed E-state index contributed by atoms with van der Waals surface area (Å²) in [6.07, 6.45) is 2.67. The molecular weight excluding hydrogens is 679 g/mol. The van der Waals surface area contributed by atoms with Gasteiger partial charge in [0.05, 0.1) is 16.1 Å². The summed E-state index contributed by atoms with van der Waals surface area (Å²) < 4.78 is 108. The zero-order valence-corrected chi connectivity index (χ0v) is 29.9. The van der Waals surface area contributed by atoms with Gasteiger partial charge in [-0.1, -0.05) is 74.9 Å². The maximum absolute atomic E-state index is 15.8. The normalized spacial score (nSPS) is 29.1. The first-order valence-electron chi connectivity index (χ1n) is 13.5. The Hall–Kier alpha value is -1.01. The van der Waals surface area contributed by atoms with Gasteiger partial charge in [0.15, 0.2) is 9.87 Å². The van der Waals surface area contributed by atoms with Crippen LogP contribution in [0.5, 0.6) is 0 Å². The average Bonchev–Trinajstić information content (AvgIpc) is 3.69. The van der Waals surface area contributed by atoms with E-state index < -0.39 is 66.1 Å². The van der Waals surface area contributed by atoms with Crippen molar-refractivity contribution in [2.75, 3.05) is 14.2 Å². The number of halogens is 6. The quantitative estimate of drug-likeness (QED) is 0.220. The Morgan fingerprint density at radius 3 is 1.21 bits per heavy atom. The topological polar surface area (TPSA) is 18.5 Å². The van der Waals surface area contributed by atoms with E-state index >= 15 is 26.3 Å². The minimum absolute atomic E-state index is 0.406. The van der Waals surface area contributed by atoms with Crippen LogP contribution >= 0.6 is 46.2 Å². The lowest BCUT2D eigenvalue weighted by atomic mass is 9.80. The Labute approximate surface area is 265 Å². The third kappa shape index (κ3) is 4.05. The van der Waals surface area contributed by atoms with Gasteiger partial charge >= 0.3 is 17.8 Å². The molecule has 0 spiro atoms. The maximum Gasteiger partial charge on any atom is 0.380 e. The predicted octanol–water partition coefficient (Wildman–Crippen LogP) is 8.99. The van der Waals surface area contributed by atoms with Crippen molar-refractivity contribution in [2.24, 2.45) is 0 Å². The Morgan fingerprint density at radius 2 is 0.930 bits per heavy atom. The molecule has 2 unspecified atom stereocenters. The highest BCUT2D eigenvalue weighted by Gasteiger charge is 2.85. The first-order valence-corrected chi connectivity index (χ1v) is 23.7. The van der Waals surface area contributed by atoms with Crippen LogP contribution in [0.25, 0.3) is 9.81 Å². The summed E-state index contributed by atoms with van der Waals surface area (Å²) in [5.41, 5.74) is -3.56. The number of thioether (sulfide) groups is 2. The molecule has 2 aliphatic heterocycles. The lowest BCUT2D eigenvalue weighted by molar-refractivity contribution is -0.258. The highest BCUT2D eigenvalue weighted by atomic mass is 32.2. The second-order valence-corrected chi connectivity index (χ2v) is 28.4. The van der Waals surface area contributed by atoms with E-state index in [1.54, 1.807) is 0 Å². The van der Waals surface area contributed by atoms with Crippen molar-refractivity contribution < 1.29 is 35.8 Å². The van der Waals surface area contributed by atoms with E-state index in [1.165, 1.54) is 49.0 Å². The van der Waals surface area contributed by atoms with Crippen LogP contribution in [-0.4, -0.2) is 58.0 Å². The number of thiophene rings is 2. The van der Waals surface area contributed by atoms with Crippen LogP contribution < -0.4 is 9.00 Å². The summed E-state index contributed by atoms with van der Waals surface area (Å²) in [4.78, 5) is -1.28. The molecule has 1 fully saturated rings. The molecule has 1 saturated carbocycles. The molecule has 2 atom stereocenters. The lowest BCUT2D eigenvalue weighted by Gasteiger charge is -2.48. The van der Waals surface area contributed by atoms with Gasteiger partial charge in [-0.2, -0.15) is 26.3 Å². The van der Waals surface area contributed by atoms with E-state index in [9.17, 15) is 0 Å². The van der Waals surface area contributed by atoms with Crippen molar-refractivity contribution in [2.45, 2.75) is 66.9 Å². The first-order chi connectivity index (χ1) is 19.7. The van der Waals surface area contributed by atoms with Crippen LogP contribution in [0.2, 0.25) is 39.3 Å². The molecule has 0 aromatic carbocycles. The van der Waals surface area contributed by atoms with Crippen LogP contribution in [0, 0.1) is 0 Å². The molecule has 0 N–H and O–H groups in total. The predicted molar refractivity (Wildman–Crippen MR) is 174 cm³/mol. The van der Waals surface area contributed by atoms with Crippen LogP contribution in [0.15, 0.2) is 58.7 Å². The number of ether oxygens (including phenoxy) is 2. The molecule has 0 radical (unpaired) electrons. The van der Waals surface area contributed by atoms with Gasteiger partial charge in [-0.3, -0.25) is 0 Å². The fraction of sp³-hybridized carbons (Fsp3) is 0.448. The van der Waals surface area contributed by atoms with Gasteiger partial charge in [0.1, 0.15) is 0 Å². The van der Waals surface area contributed by atoms with E-state index in [1.807, 2.05) is 24.3 Å². The van der Waals surface area contributed by atoms with Crippen molar-refractivity contribution in [1.82, 2.24) is 0 Å². The SMILES string of the molecule is COC12SC(c3ccc([Si](C)(C)C)s3)=CC1=C1C(=C3C=C(c4ccc([Si](C)(C)C)s4)SC32OC)C(F)(F)C(F)(F)C1(F)F. The molecule has 4 heterocycles. The van der Waals surface area contributed by atoms with Crippen molar-refractivity contribution in [3.8, 4) is 0 Å². The van der Waals surface area contributed by atoms with Gasteiger partial charge < -0.3 is 9.47 Å². The molecule has 0 saturated heterocycles. The number of alkyl halides is 6. The monoisotopic (exact) mass is 708 g/mol. The Bertz CT molecular complexity index is 1550. The fourth-order valence-corrected chi connectivity index (χ4v) is 14.9. The van der Waals surface area contributed by atoms with E-state index in [-0.39, 0.29) is 0 Å². The minimum atomic E-state index is -5.65. The molecule has 2 aliphatic carbocycles. The molecule has 43 heavy (non-hydrogen) atoms. The third-order valence-electron chi connectivity index (χ3n) is 8.16. The molecule has 2 nitrogen and oxygen atoms in total. The standard InChI is InChI=1S/C29H30F6O2S4Si2/c1-36-27-15(13-19(40-27)17-9-11-21(38-17)42(3,4)5)23-24(26(32,33)29(34,35)25(23,30)31)16-14-20(41-28(16,27)37-2)18-10-12-22(39-18)43(6,7)8/h9-14H,1-8H3. The number of rotatable bonds is 6. The number of hydrogen-bond donors (Lipinski definition) is 0. The molecule has 6 rings (SSSR count). The minimum Gasteiger partial charge on any atom is -0.358 e. The van der Waals surface area contributed by atoms with Crippen molar-refractivity contribution >= 4 is 81.2 Å². The summed E-state index contributed by atoms with van der Waals surface area (Å²) >= 11 is 5.10. The van der Waals surface area contributed by atoms with Crippen molar-refractivity contribution in [3.05, 3.63) is 68.5 Å². The van der Waals surface area contributed by atoms with Crippen LogP contribution in [0.1, 0.15) is 9.75 Å². The summed E-state index contributed by atoms with van der Waals surface area (Å²) in [6, 6.07) is 7.69. The van der Waals surface area contributed by atoms with Gasteiger partial charge in [-0.05, 0) is 33.3 Å².